The van der Waals surface area contributed by atoms with Crippen molar-refractivity contribution in [1.82, 2.24) is 30.0 Å². The van der Waals surface area contributed by atoms with Crippen LogP contribution >= 0.6 is 0 Å². The predicted molar refractivity (Wildman–Crippen MR) is 187 cm³/mol. The Morgan fingerprint density at radius 2 is 1.54 bits per heavy atom. The molecule has 13 nitrogen and oxygen atoms in total. The number of hydrogen-bond donors (Lipinski definition) is 1. The number of nitrogens with one attached hydrogen (secondary N) is 1. The quantitative estimate of drug-likeness (QED) is 0.160. The van der Waals surface area contributed by atoms with Crippen molar-refractivity contribution in [3.8, 4) is 39.6 Å². The van der Waals surface area contributed by atoms with E-state index in [1.165, 1.54) is 18.9 Å². The third kappa shape index (κ3) is 7.49. The molecular formula is C37H33F6N7O6. The maximum Gasteiger partial charge on any atom is 0.434 e. The molecule has 0 spiro atoms. The molecule has 2 aliphatic heterocycles. The Labute approximate surface area is 314 Å². The number of carbonyl (C=O) groups excluding carboxylic acids is 1. The number of methoxy groups -OCH3 is 1. The van der Waals surface area contributed by atoms with E-state index in [1.807, 2.05) is 24.8 Å². The average molecular weight is 786 g/mol. The number of pyridine rings is 1. The molecule has 2 unspecified atom stereocenters. The molecule has 0 saturated carbocycles. The zero-order valence-corrected chi connectivity index (χ0v) is 30.2. The van der Waals surface area contributed by atoms with Crippen molar-refractivity contribution in [3.63, 3.8) is 0 Å². The number of cyclic esters (lactones) is 1. The van der Waals surface area contributed by atoms with Crippen molar-refractivity contribution in [2.24, 2.45) is 0 Å². The molecule has 2 atom stereocenters. The second-order valence-corrected chi connectivity index (χ2v) is 13.3. The highest BCUT2D eigenvalue weighted by molar-refractivity contribution is 5.81. The van der Waals surface area contributed by atoms with Crippen molar-refractivity contribution < 1.29 is 49.8 Å². The van der Waals surface area contributed by atoms with Crippen LogP contribution in [0.3, 0.4) is 0 Å². The Kier molecular flexibility index (Phi) is 9.98. The predicted octanol–water partition coefficient (Wildman–Crippen LogP) is 7.13. The molecule has 3 aromatic heterocycles. The lowest BCUT2D eigenvalue weighted by molar-refractivity contribution is -0.143. The number of benzene rings is 2. The molecule has 7 rings (SSSR count). The number of H-pyrrole nitrogens is 1. The molecule has 2 saturated heterocycles. The summed E-state index contributed by atoms with van der Waals surface area (Å²) in [5.41, 5.74) is 1.22. The standard InChI is InChI=1S/C37H33F6N7O6/c1-18-9-22(31-47-48-34(51)56-31)10-19(2)29(18)23-13-26(32(53-4)44-15-23)27-16-45-33(49-5-7-54-8-6-49)46-28(27)17-50-20(3)30(55-35(50)52)21-11-24(36(38,39)40)14-25(12-21)37(41,42)43/h9-16,20,30H,5-8,17H2,1-4H3,(H,48,51). The summed E-state index contributed by atoms with van der Waals surface area (Å²) >= 11 is 0. The molecule has 0 bridgehead atoms. The summed E-state index contributed by atoms with van der Waals surface area (Å²) in [6, 6.07) is 5.52. The summed E-state index contributed by atoms with van der Waals surface area (Å²) in [7, 11) is 1.42. The van der Waals surface area contributed by atoms with E-state index in [-0.39, 0.29) is 30.1 Å². The minimum atomic E-state index is -5.09. The molecule has 2 aliphatic rings. The molecular weight excluding hydrogens is 752 g/mol. The average Bonchev–Trinajstić information content (AvgIpc) is 3.72. The first-order chi connectivity index (χ1) is 26.5. The summed E-state index contributed by atoms with van der Waals surface area (Å²) in [5, 5.41) is 6.16. The van der Waals surface area contributed by atoms with Gasteiger partial charge >= 0.3 is 24.2 Å². The number of aromatic nitrogens is 5. The Morgan fingerprint density at radius 3 is 2.12 bits per heavy atom. The van der Waals surface area contributed by atoms with Crippen LogP contribution in [0.2, 0.25) is 0 Å². The third-order valence-corrected chi connectivity index (χ3v) is 9.64. The third-order valence-electron chi connectivity index (χ3n) is 9.64. The number of nitrogens with zero attached hydrogens (tertiary/aromatic N) is 6. The van der Waals surface area contributed by atoms with Crippen LogP contribution < -0.4 is 15.4 Å². The number of morpholine rings is 1. The maximum atomic E-state index is 13.7. The van der Waals surface area contributed by atoms with Crippen LogP contribution in [-0.4, -0.2) is 75.6 Å². The van der Waals surface area contributed by atoms with Crippen LogP contribution in [0.1, 0.15) is 46.5 Å². The van der Waals surface area contributed by atoms with Gasteiger partial charge in [-0.1, -0.05) is 0 Å². The molecule has 1 amide bonds. The first kappa shape index (κ1) is 38.3. The lowest BCUT2D eigenvalue weighted by Gasteiger charge is -2.28. The van der Waals surface area contributed by atoms with Crippen molar-refractivity contribution in [3.05, 3.63) is 92.9 Å². The molecule has 56 heavy (non-hydrogen) atoms. The van der Waals surface area contributed by atoms with Gasteiger partial charge in [-0.3, -0.25) is 4.90 Å². The molecule has 5 aromatic rings. The van der Waals surface area contributed by atoms with E-state index in [2.05, 4.69) is 20.2 Å². The summed E-state index contributed by atoms with van der Waals surface area (Å²) in [5.74, 6) is -0.0815. The number of alkyl halides is 6. The van der Waals surface area contributed by atoms with E-state index in [9.17, 15) is 35.9 Å². The van der Waals surface area contributed by atoms with Gasteiger partial charge in [-0.15, -0.1) is 5.10 Å². The van der Waals surface area contributed by atoms with E-state index >= 15 is 0 Å². The number of anilines is 1. The highest BCUT2D eigenvalue weighted by atomic mass is 19.4. The number of hydrogen-bond acceptors (Lipinski definition) is 11. The highest BCUT2D eigenvalue weighted by Crippen LogP contribution is 2.43. The van der Waals surface area contributed by atoms with Crippen molar-refractivity contribution in [1.29, 1.82) is 0 Å². The molecule has 294 valence electrons. The number of amides is 1. The van der Waals surface area contributed by atoms with E-state index in [0.29, 0.717) is 66.6 Å². The van der Waals surface area contributed by atoms with Crippen molar-refractivity contribution >= 4 is 12.0 Å². The van der Waals surface area contributed by atoms with Crippen LogP contribution in [0.4, 0.5) is 37.1 Å². The maximum absolute atomic E-state index is 13.7. The SMILES string of the molecule is COc1ncc(-c2c(C)cc(-c3n[nH]c(=O)o3)cc2C)cc1-c1cnc(N2CCOCC2)nc1CN1C(=O)OC(c2cc(C(F)(F)F)cc(C(F)(F)F)c2)C1C. The van der Waals surface area contributed by atoms with Crippen LogP contribution in [0.5, 0.6) is 5.88 Å². The van der Waals surface area contributed by atoms with Gasteiger partial charge < -0.3 is 23.5 Å². The second kappa shape index (κ2) is 14.6. The van der Waals surface area contributed by atoms with Gasteiger partial charge in [0.2, 0.25) is 17.7 Å². The zero-order valence-electron chi connectivity index (χ0n) is 30.2. The van der Waals surface area contributed by atoms with Gasteiger partial charge in [0.25, 0.3) is 0 Å². The van der Waals surface area contributed by atoms with E-state index in [4.69, 9.17) is 23.6 Å². The fourth-order valence-corrected chi connectivity index (χ4v) is 6.97. The molecule has 19 heteroatoms. The highest BCUT2D eigenvalue weighted by Gasteiger charge is 2.44. The lowest BCUT2D eigenvalue weighted by atomic mass is 9.92. The Morgan fingerprint density at radius 1 is 0.875 bits per heavy atom. The summed E-state index contributed by atoms with van der Waals surface area (Å²) in [6.45, 7) is 6.70. The number of ether oxygens (including phenoxy) is 3. The van der Waals surface area contributed by atoms with Gasteiger partial charge in [0.15, 0.2) is 0 Å². The first-order valence-electron chi connectivity index (χ1n) is 17.2. The number of carbonyl (C=O) groups is 1. The summed E-state index contributed by atoms with van der Waals surface area (Å²) in [4.78, 5) is 42.1. The molecule has 0 radical (unpaired) electrons. The Balaban J connectivity index is 1.30. The van der Waals surface area contributed by atoms with Crippen LogP contribution in [0.15, 0.2) is 58.0 Å². The number of halogens is 6. The molecule has 2 fully saturated rings. The lowest BCUT2D eigenvalue weighted by Crippen LogP contribution is -2.38. The zero-order chi connectivity index (χ0) is 40.1. The molecule has 1 N–H and O–H groups in total. The van der Waals surface area contributed by atoms with Gasteiger partial charge in [0, 0.05) is 47.7 Å². The first-order valence-corrected chi connectivity index (χ1v) is 17.2. The number of rotatable bonds is 8. The largest absolute Gasteiger partial charge is 0.481 e. The topological polar surface area (TPSA) is 149 Å². The molecule has 0 aliphatic carbocycles. The van der Waals surface area contributed by atoms with Crippen LogP contribution in [0, 0.1) is 13.8 Å². The van der Waals surface area contributed by atoms with Gasteiger partial charge in [0.05, 0.1) is 49.7 Å². The number of aryl methyl sites for hydroxylation is 2. The Bertz CT molecular complexity index is 2300. The normalized spacial score (nSPS) is 17.7. The second-order valence-electron chi connectivity index (χ2n) is 13.3. The fraction of sp³-hybridized carbons (Fsp3) is 0.351. The van der Waals surface area contributed by atoms with E-state index in [0.717, 1.165) is 16.7 Å². The van der Waals surface area contributed by atoms with E-state index in [1.54, 1.807) is 24.5 Å². The minimum absolute atomic E-state index is 0.0222. The monoisotopic (exact) mass is 785 g/mol. The van der Waals surface area contributed by atoms with Gasteiger partial charge in [-0.25, -0.2) is 29.6 Å². The van der Waals surface area contributed by atoms with Crippen LogP contribution in [-0.2, 0) is 28.4 Å². The van der Waals surface area contributed by atoms with Crippen molar-refractivity contribution in [2.75, 3.05) is 38.3 Å². The van der Waals surface area contributed by atoms with Gasteiger partial charge in [-0.05, 0) is 79.4 Å². The Hall–Kier alpha value is -5.98. The van der Waals surface area contributed by atoms with E-state index < -0.39 is 53.0 Å². The smallest absolute Gasteiger partial charge is 0.434 e. The summed E-state index contributed by atoms with van der Waals surface area (Å²) in [6.07, 6.45) is -9.47. The minimum Gasteiger partial charge on any atom is -0.481 e. The van der Waals surface area contributed by atoms with Crippen LogP contribution in [0.25, 0.3) is 33.7 Å². The molecule has 2 aromatic carbocycles. The van der Waals surface area contributed by atoms with Gasteiger partial charge in [0.1, 0.15) is 6.10 Å². The fourth-order valence-electron chi connectivity index (χ4n) is 6.97. The van der Waals surface area contributed by atoms with Crippen molar-refractivity contribution in [2.45, 2.75) is 51.8 Å². The number of aromatic amines is 1. The molecule has 5 heterocycles. The van der Waals surface area contributed by atoms with Gasteiger partial charge in [-0.2, -0.15) is 26.3 Å². The summed E-state index contributed by atoms with van der Waals surface area (Å²) < 4.78 is 104.